The first-order valence-corrected chi connectivity index (χ1v) is 8.89. The predicted octanol–water partition coefficient (Wildman–Crippen LogP) is 3.70. The van der Waals surface area contributed by atoms with Crippen LogP contribution in [0.15, 0.2) is 4.90 Å². The van der Waals surface area contributed by atoms with Crippen LogP contribution in [0.3, 0.4) is 0 Å². The van der Waals surface area contributed by atoms with Crippen LogP contribution in [0, 0.1) is 22.7 Å². The molecule has 1 rings (SSSR count). The molecule has 0 radical (unpaired) electrons. The van der Waals surface area contributed by atoms with E-state index in [9.17, 15) is 23.5 Å². The van der Waals surface area contributed by atoms with E-state index in [1.54, 1.807) is 27.7 Å². The van der Waals surface area contributed by atoms with Crippen molar-refractivity contribution in [2.75, 3.05) is 0 Å². The second-order valence-electron chi connectivity index (χ2n) is 6.46. The van der Waals surface area contributed by atoms with Crippen molar-refractivity contribution in [3.63, 3.8) is 0 Å². The molecule has 0 atom stereocenters. The Morgan fingerprint density at radius 2 is 1.09 bits per heavy atom. The van der Waals surface area contributed by atoms with Gasteiger partial charge in [-0.2, -0.15) is 10.5 Å². The standard InChI is InChI=1S/C17H22N2O3S/c1-9(2)14-12(7-18)15(10(3)4)17(23(20,21)22)16(11(5)6)13(14)8-19/h9-11H,1-6H3,(H,20,21,22)/p-1. The molecular weight excluding hydrogens is 312 g/mol. The molecule has 1 aromatic rings. The summed E-state index contributed by atoms with van der Waals surface area (Å²) < 4.78 is 35.8. The maximum absolute atomic E-state index is 11.9. The van der Waals surface area contributed by atoms with E-state index in [1.165, 1.54) is 0 Å². The van der Waals surface area contributed by atoms with Crippen LogP contribution in [-0.4, -0.2) is 13.0 Å². The minimum Gasteiger partial charge on any atom is -0.744 e. The summed E-state index contributed by atoms with van der Waals surface area (Å²) in [7, 11) is -4.81. The molecule has 6 heteroatoms. The van der Waals surface area contributed by atoms with Crippen molar-refractivity contribution in [2.45, 2.75) is 64.2 Å². The summed E-state index contributed by atoms with van der Waals surface area (Å²) >= 11 is 0. The molecule has 5 nitrogen and oxygen atoms in total. The van der Waals surface area contributed by atoms with E-state index in [-0.39, 0.29) is 44.9 Å². The molecule has 0 aliphatic carbocycles. The van der Waals surface area contributed by atoms with E-state index in [2.05, 4.69) is 0 Å². The van der Waals surface area contributed by atoms with Crippen molar-refractivity contribution in [1.82, 2.24) is 0 Å². The highest BCUT2D eigenvalue weighted by Crippen LogP contribution is 2.41. The van der Waals surface area contributed by atoms with Gasteiger partial charge in [-0.05, 0) is 34.4 Å². The molecule has 0 fully saturated rings. The highest BCUT2D eigenvalue weighted by atomic mass is 32.2. The zero-order valence-corrected chi connectivity index (χ0v) is 15.1. The largest absolute Gasteiger partial charge is 0.744 e. The third-order valence-corrected chi connectivity index (χ3v) is 4.71. The van der Waals surface area contributed by atoms with Gasteiger partial charge in [0.15, 0.2) is 0 Å². The third kappa shape index (κ3) is 3.39. The van der Waals surface area contributed by atoms with Gasteiger partial charge in [-0.1, -0.05) is 41.5 Å². The van der Waals surface area contributed by atoms with Crippen LogP contribution in [0.25, 0.3) is 0 Å². The highest BCUT2D eigenvalue weighted by Gasteiger charge is 2.30. The molecular formula is C17H21N2O3S-. The average molecular weight is 333 g/mol. The first-order chi connectivity index (χ1) is 10.5. The van der Waals surface area contributed by atoms with Gasteiger partial charge in [0.25, 0.3) is 0 Å². The second kappa shape index (κ2) is 6.70. The van der Waals surface area contributed by atoms with Gasteiger partial charge in [-0.15, -0.1) is 0 Å². The summed E-state index contributed by atoms with van der Waals surface area (Å²) in [5.74, 6) is -0.796. The minimum atomic E-state index is -4.81. The summed E-state index contributed by atoms with van der Waals surface area (Å²) in [4.78, 5) is -0.389. The molecule has 0 aromatic heterocycles. The van der Waals surface area contributed by atoms with Gasteiger partial charge in [0.05, 0.1) is 28.2 Å². The topological polar surface area (TPSA) is 105 Å². The quantitative estimate of drug-likeness (QED) is 0.781. The third-order valence-electron chi connectivity index (χ3n) is 3.77. The van der Waals surface area contributed by atoms with Crippen LogP contribution in [0.2, 0.25) is 0 Å². The van der Waals surface area contributed by atoms with E-state index < -0.39 is 10.1 Å². The molecule has 0 amide bonds. The van der Waals surface area contributed by atoms with Crippen molar-refractivity contribution in [1.29, 1.82) is 10.5 Å². The molecule has 0 aliphatic heterocycles. The van der Waals surface area contributed by atoms with Crippen molar-refractivity contribution >= 4 is 10.1 Å². The van der Waals surface area contributed by atoms with E-state index >= 15 is 0 Å². The summed E-state index contributed by atoms with van der Waals surface area (Å²) in [5.41, 5.74) is 1.27. The number of hydrogen-bond donors (Lipinski definition) is 0. The molecule has 0 N–H and O–H groups in total. The first-order valence-electron chi connectivity index (χ1n) is 7.48. The van der Waals surface area contributed by atoms with Gasteiger partial charge in [-0.3, -0.25) is 0 Å². The normalized spacial score (nSPS) is 11.8. The molecule has 0 bridgehead atoms. The lowest BCUT2D eigenvalue weighted by molar-refractivity contribution is 0.459. The van der Waals surface area contributed by atoms with Crippen LogP contribution in [0.4, 0.5) is 0 Å². The van der Waals surface area contributed by atoms with Gasteiger partial charge in [0.1, 0.15) is 10.1 Å². The summed E-state index contributed by atoms with van der Waals surface area (Å²) in [5, 5.41) is 19.2. The van der Waals surface area contributed by atoms with Crippen LogP contribution < -0.4 is 0 Å². The zero-order valence-electron chi connectivity index (χ0n) is 14.3. The number of rotatable bonds is 4. The Morgan fingerprint density at radius 1 is 0.783 bits per heavy atom. The Hall–Kier alpha value is -1.89. The fourth-order valence-electron chi connectivity index (χ4n) is 2.98. The fraction of sp³-hybridized carbons (Fsp3) is 0.529. The van der Waals surface area contributed by atoms with Crippen LogP contribution in [-0.2, 0) is 10.1 Å². The number of hydrogen-bond acceptors (Lipinski definition) is 5. The summed E-state index contributed by atoms with van der Waals surface area (Å²) in [6.07, 6.45) is 0. The van der Waals surface area contributed by atoms with Gasteiger partial charge < -0.3 is 4.55 Å². The lowest BCUT2D eigenvalue weighted by atomic mass is 9.81. The highest BCUT2D eigenvalue weighted by molar-refractivity contribution is 7.85. The number of benzene rings is 1. The van der Waals surface area contributed by atoms with Crippen molar-refractivity contribution in [2.24, 2.45) is 0 Å². The first kappa shape index (κ1) is 19.2. The molecule has 0 unspecified atom stereocenters. The molecule has 23 heavy (non-hydrogen) atoms. The SMILES string of the molecule is CC(C)c1c(C#N)c(C(C)C)c(S(=O)(=O)[O-])c(C(C)C)c1C#N. The Labute approximate surface area is 138 Å². The summed E-state index contributed by atoms with van der Waals surface area (Å²) in [6.45, 7) is 10.7. The van der Waals surface area contributed by atoms with Crippen LogP contribution in [0.1, 0.15) is 87.1 Å². The second-order valence-corrected chi connectivity index (χ2v) is 7.78. The van der Waals surface area contributed by atoms with Crippen LogP contribution in [0.5, 0.6) is 0 Å². The molecule has 0 saturated carbocycles. The molecule has 124 valence electrons. The average Bonchev–Trinajstić information content (AvgIpc) is 2.41. The van der Waals surface area contributed by atoms with Crippen molar-refractivity contribution in [3.8, 4) is 12.1 Å². The van der Waals surface area contributed by atoms with Crippen molar-refractivity contribution < 1.29 is 13.0 Å². The Bertz CT molecular complexity index is 761. The van der Waals surface area contributed by atoms with E-state index in [0.717, 1.165) is 0 Å². The van der Waals surface area contributed by atoms with Gasteiger partial charge in [-0.25, -0.2) is 8.42 Å². The maximum Gasteiger partial charge on any atom is 0.125 e. The zero-order chi connectivity index (χ0) is 18.1. The molecule has 1 aromatic carbocycles. The predicted molar refractivity (Wildman–Crippen MR) is 86.1 cm³/mol. The molecule has 0 heterocycles. The molecule has 0 spiro atoms. The van der Waals surface area contributed by atoms with Crippen molar-refractivity contribution in [3.05, 3.63) is 27.8 Å². The van der Waals surface area contributed by atoms with E-state index in [1.807, 2.05) is 26.0 Å². The smallest absolute Gasteiger partial charge is 0.125 e. The monoisotopic (exact) mass is 333 g/mol. The lowest BCUT2D eigenvalue weighted by Crippen LogP contribution is -2.17. The molecule has 0 aliphatic rings. The van der Waals surface area contributed by atoms with Gasteiger partial charge in [0, 0.05) is 0 Å². The fourth-order valence-corrected chi connectivity index (χ4v) is 4.19. The Morgan fingerprint density at radius 3 is 1.26 bits per heavy atom. The van der Waals surface area contributed by atoms with Gasteiger partial charge >= 0.3 is 0 Å². The van der Waals surface area contributed by atoms with Crippen LogP contribution >= 0.6 is 0 Å². The number of nitrogens with zero attached hydrogens (tertiary/aromatic N) is 2. The maximum atomic E-state index is 11.9. The molecule has 0 saturated heterocycles. The Balaban J connectivity index is 4.38. The minimum absolute atomic E-state index is 0.141. The Kier molecular flexibility index (Phi) is 5.58. The lowest BCUT2D eigenvalue weighted by Gasteiger charge is -2.27. The number of nitriles is 2. The van der Waals surface area contributed by atoms with E-state index in [0.29, 0.717) is 5.56 Å². The van der Waals surface area contributed by atoms with Gasteiger partial charge in [0.2, 0.25) is 0 Å². The summed E-state index contributed by atoms with van der Waals surface area (Å²) in [6, 6.07) is 4.05. The van der Waals surface area contributed by atoms with E-state index in [4.69, 9.17) is 0 Å².